The number of aromatic nitrogens is 3. The van der Waals surface area contributed by atoms with E-state index in [0.717, 1.165) is 41.6 Å². The molecule has 1 aromatic carbocycles. The molecule has 28 heavy (non-hydrogen) atoms. The molecular weight excluding hydrogens is 374 g/mol. The molecule has 1 saturated carbocycles. The zero-order valence-corrected chi connectivity index (χ0v) is 17.8. The first-order valence-corrected chi connectivity index (χ1v) is 10.9. The van der Waals surface area contributed by atoms with E-state index in [2.05, 4.69) is 14.8 Å². The first-order valence-electron chi connectivity index (χ1n) is 9.93. The Hall–Kier alpha value is -2.02. The third-order valence-electron chi connectivity index (χ3n) is 5.15. The fourth-order valence-corrected chi connectivity index (χ4v) is 4.64. The van der Waals surface area contributed by atoms with Gasteiger partial charge in [-0.2, -0.15) is 0 Å². The van der Waals surface area contributed by atoms with Crippen LogP contribution in [0.1, 0.15) is 57.9 Å². The van der Waals surface area contributed by atoms with E-state index >= 15 is 0 Å². The van der Waals surface area contributed by atoms with Crippen LogP contribution in [0.15, 0.2) is 23.4 Å². The summed E-state index contributed by atoms with van der Waals surface area (Å²) >= 11 is 1.70. The van der Waals surface area contributed by atoms with Gasteiger partial charge in [0.1, 0.15) is 5.78 Å². The summed E-state index contributed by atoms with van der Waals surface area (Å²) in [6, 6.07) is 6.30. The highest BCUT2D eigenvalue weighted by Crippen LogP contribution is 2.38. The molecule has 2 aromatic rings. The van der Waals surface area contributed by atoms with Gasteiger partial charge in [-0.15, -0.1) is 10.2 Å². The predicted molar refractivity (Wildman–Crippen MR) is 111 cm³/mol. The monoisotopic (exact) mass is 403 g/mol. The Kier molecular flexibility index (Phi) is 7.36. The van der Waals surface area contributed by atoms with Crippen LogP contribution in [0, 0.1) is 0 Å². The molecule has 6 nitrogen and oxygen atoms in total. The van der Waals surface area contributed by atoms with Crippen molar-refractivity contribution in [1.82, 2.24) is 14.8 Å². The van der Waals surface area contributed by atoms with Crippen LogP contribution in [0.5, 0.6) is 11.5 Å². The second-order valence-electron chi connectivity index (χ2n) is 7.19. The number of rotatable bonds is 9. The van der Waals surface area contributed by atoms with Crippen LogP contribution in [0.25, 0.3) is 11.4 Å². The average molecular weight is 404 g/mol. The van der Waals surface area contributed by atoms with Gasteiger partial charge in [0.25, 0.3) is 0 Å². The summed E-state index contributed by atoms with van der Waals surface area (Å²) < 4.78 is 13.1. The molecule has 1 aliphatic carbocycles. The molecule has 0 aliphatic heterocycles. The molecule has 0 radical (unpaired) electrons. The lowest BCUT2D eigenvalue weighted by Gasteiger charge is -2.25. The fraction of sp³-hybridized carbons (Fsp3) is 0.571. The van der Waals surface area contributed by atoms with Gasteiger partial charge >= 0.3 is 0 Å². The minimum Gasteiger partial charge on any atom is -0.493 e. The van der Waals surface area contributed by atoms with Crippen LogP contribution in [0.2, 0.25) is 0 Å². The predicted octanol–water partition coefficient (Wildman–Crippen LogP) is 4.93. The molecule has 0 N–H and O–H groups in total. The van der Waals surface area contributed by atoms with E-state index < -0.39 is 0 Å². The second kappa shape index (κ2) is 9.96. The van der Waals surface area contributed by atoms with Crippen molar-refractivity contribution in [3.05, 3.63) is 18.2 Å². The van der Waals surface area contributed by atoms with Crippen LogP contribution in [-0.4, -0.2) is 40.5 Å². The van der Waals surface area contributed by atoms with Crippen LogP contribution < -0.4 is 9.47 Å². The number of ketones is 1. The number of carbonyl (C=O) groups excluding carboxylic acids is 1. The highest BCUT2D eigenvalue weighted by Gasteiger charge is 2.24. The van der Waals surface area contributed by atoms with Crippen molar-refractivity contribution >= 4 is 17.5 Å². The Bertz CT molecular complexity index is 800. The Morgan fingerprint density at radius 1 is 1.14 bits per heavy atom. The largest absolute Gasteiger partial charge is 0.493 e. The van der Waals surface area contributed by atoms with Crippen molar-refractivity contribution in [2.24, 2.45) is 0 Å². The molecule has 0 unspecified atom stereocenters. The number of methoxy groups -OCH3 is 2. The van der Waals surface area contributed by atoms with E-state index in [1.54, 1.807) is 32.9 Å². The molecule has 0 bridgehead atoms. The summed E-state index contributed by atoms with van der Waals surface area (Å²) in [5.74, 6) is 3.38. The second-order valence-corrected chi connectivity index (χ2v) is 8.25. The van der Waals surface area contributed by atoms with Gasteiger partial charge in [0.15, 0.2) is 22.5 Å². The molecule has 0 saturated heterocycles. The Labute approximate surface area is 171 Å². The third-order valence-corrected chi connectivity index (χ3v) is 6.18. The quantitative estimate of drug-likeness (QED) is 0.437. The van der Waals surface area contributed by atoms with Crippen molar-refractivity contribution in [1.29, 1.82) is 0 Å². The number of benzene rings is 1. The van der Waals surface area contributed by atoms with E-state index in [1.165, 1.54) is 19.3 Å². The number of Topliss-reactive ketones (excluding diaryl/α,β-unsaturated/α-hetero) is 1. The lowest BCUT2D eigenvalue weighted by molar-refractivity contribution is -0.117. The van der Waals surface area contributed by atoms with E-state index in [0.29, 0.717) is 24.0 Å². The highest BCUT2D eigenvalue weighted by molar-refractivity contribution is 7.99. The maximum atomic E-state index is 11.2. The first kappa shape index (κ1) is 20.7. The molecule has 1 aliphatic rings. The lowest BCUT2D eigenvalue weighted by atomic mass is 9.95. The molecule has 7 heteroatoms. The highest BCUT2D eigenvalue weighted by atomic mass is 32.2. The van der Waals surface area contributed by atoms with E-state index in [4.69, 9.17) is 9.47 Å². The number of nitrogens with zero attached hydrogens (tertiary/aromatic N) is 3. The van der Waals surface area contributed by atoms with Crippen LogP contribution in [-0.2, 0) is 4.79 Å². The third kappa shape index (κ3) is 4.87. The number of ether oxygens (including phenoxy) is 2. The Morgan fingerprint density at radius 2 is 1.89 bits per heavy atom. The standard InChI is InChI=1S/C21H29N3O3S/c1-15(25)8-7-13-28-21-23-22-20(24(21)17-9-5-4-6-10-17)16-11-12-18(26-2)19(14-16)27-3/h11-12,14,17H,4-10,13H2,1-3H3. The molecule has 1 heterocycles. The van der Waals surface area contributed by atoms with Gasteiger partial charge in [0.05, 0.1) is 14.2 Å². The molecule has 1 aromatic heterocycles. The SMILES string of the molecule is COc1ccc(-c2nnc(SCCCC(C)=O)n2C2CCCCC2)cc1OC. The van der Waals surface area contributed by atoms with Gasteiger partial charge in [-0.25, -0.2) is 0 Å². The summed E-state index contributed by atoms with van der Waals surface area (Å²) in [6.07, 6.45) is 7.56. The molecular formula is C21H29N3O3S. The van der Waals surface area contributed by atoms with E-state index in [9.17, 15) is 4.79 Å². The number of thioether (sulfide) groups is 1. The Morgan fingerprint density at radius 3 is 2.57 bits per heavy atom. The zero-order chi connectivity index (χ0) is 19.9. The van der Waals surface area contributed by atoms with Gasteiger partial charge in [-0.05, 0) is 44.4 Å². The molecule has 152 valence electrons. The van der Waals surface area contributed by atoms with Crippen LogP contribution in [0.3, 0.4) is 0 Å². The summed E-state index contributed by atoms with van der Waals surface area (Å²) in [5.41, 5.74) is 0.978. The van der Waals surface area contributed by atoms with Crippen molar-refractivity contribution in [2.45, 2.75) is 63.1 Å². The summed E-state index contributed by atoms with van der Waals surface area (Å²) in [7, 11) is 3.28. The molecule has 0 amide bonds. The minimum absolute atomic E-state index is 0.236. The summed E-state index contributed by atoms with van der Waals surface area (Å²) in [5, 5.41) is 9.98. The van der Waals surface area contributed by atoms with Crippen molar-refractivity contribution in [3.8, 4) is 22.9 Å². The molecule has 3 rings (SSSR count). The van der Waals surface area contributed by atoms with Crippen LogP contribution in [0.4, 0.5) is 0 Å². The maximum Gasteiger partial charge on any atom is 0.191 e. The first-order chi connectivity index (χ1) is 13.6. The van der Waals surface area contributed by atoms with E-state index in [-0.39, 0.29) is 5.78 Å². The summed E-state index contributed by atoms with van der Waals surface area (Å²) in [6.45, 7) is 1.64. The normalized spacial score (nSPS) is 14.8. The average Bonchev–Trinajstić information content (AvgIpc) is 3.15. The Balaban J connectivity index is 1.90. The number of hydrogen-bond donors (Lipinski definition) is 0. The van der Waals surface area contributed by atoms with Gasteiger partial charge < -0.3 is 14.3 Å². The maximum absolute atomic E-state index is 11.2. The fourth-order valence-electron chi connectivity index (χ4n) is 3.70. The van der Waals surface area contributed by atoms with E-state index in [1.807, 2.05) is 18.2 Å². The molecule has 0 atom stereocenters. The number of carbonyl (C=O) groups is 1. The smallest absolute Gasteiger partial charge is 0.191 e. The van der Waals surface area contributed by atoms with Crippen molar-refractivity contribution in [3.63, 3.8) is 0 Å². The lowest BCUT2D eigenvalue weighted by Crippen LogP contribution is -2.15. The zero-order valence-electron chi connectivity index (χ0n) is 16.9. The molecule has 0 spiro atoms. The van der Waals surface area contributed by atoms with Gasteiger partial charge in [-0.3, -0.25) is 4.57 Å². The summed E-state index contributed by atoms with van der Waals surface area (Å²) in [4.78, 5) is 11.2. The van der Waals surface area contributed by atoms with Crippen molar-refractivity contribution in [2.75, 3.05) is 20.0 Å². The van der Waals surface area contributed by atoms with Crippen molar-refractivity contribution < 1.29 is 14.3 Å². The topological polar surface area (TPSA) is 66.2 Å². The van der Waals surface area contributed by atoms with Gasteiger partial charge in [0.2, 0.25) is 0 Å². The van der Waals surface area contributed by atoms with Crippen LogP contribution >= 0.6 is 11.8 Å². The minimum atomic E-state index is 0.236. The molecule has 1 fully saturated rings. The van der Waals surface area contributed by atoms with Gasteiger partial charge in [-0.1, -0.05) is 31.0 Å². The van der Waals surface area contributed by atoms with Gasteiger partial charge in [0, 0.05) is 23.8 Å². The number of hydrogen-bond acceptors (Lipinski definition) is 6.